The van der Waals surface area contributed by atoms with Gasteiger partial charge in [0, 0.05) is 25.3 Å². The summed E-state index contributed by atoms with van der Waals surface area (Å²) in [5, 5.41) is 2.87. The molecule has 1 aliphatic rings. The van der Waals surface area contributed by atoms with E-state index in [2.05, 4.69) is 16.3 Å². The number of nitrogens with zero attached hydrogens (tertiary/aromatic N) is 1. The highest BCUT2D eigenvalue weighted by Gasteiger charge is 2.29. The monoisotopic (exact) mass is 362 g/mol. The molecule has 1 saturated heterocycles. The molecule has 3 nitrogen and oxygen atoms in total. The van der Waals surface area contributed by atoms with E-state index in [1.807, 2.05) is 18.2 Å². The average molecular weight is 362 g/mol. The first-order valence-electron chi connectivity index (χ1n) is 8.69. The number of carbonyl (C=O) groups is 1. The minimum absolute atomic E-state index is 0.0595. The van der Waals surface area contributed by atoms with E-state index in [0.29, 0.717) is 12.1 Å². The number of hydrogen-bond donors (Lipinski definition) is 1. The van der Waals surface area contributed by atoms with Crippen molar-refractivity contribution in [3.8, 4) is 0 Å². The number of rotatable bonds is 5. The number of anilines is 1. The van der Waals surface area contributed by atoms with Crippen LogP contribution in [-0.2, 0) is 23.9 Å². The van der Waals surface area contributed by atoms with Gasteiger partial charge >= 0.3 is 6.18 Å². The number of nitrogens with one attached hydrogen (secondary N) is 1. The summed E-state index contributed by atoms with van der Waals surface area (Å²) in [5.74, 6) is -0.207. The van der Waals surface area contributed by atoms with Crippen LogP contribution in [0.4, 0.5) is 18.9 Å². The van der Waals surface area contributed by atoms with E-state index >= 15 is 0 Å². The maximum absolute atomic E-state index is 12.6. The second kappa shape index (κ2) is 7.81. The Balaban J connectivity index is 1.58. The molecule has 1 amide bonds. The van der Waals surface area contributed by atoms with Crippen molar-refractivity contribution in [2.24, 2.45) is 0 Å². The van der Waals surface area contributed by atoms with Gasteiger partial charge in [0.1, 0.15) is 0 Å². The number of benzene rings is 2. The highest BCUT2D eigenvalue weighted by atomic mass is 19.4. The maximum atomic E-state index is 12.6. The molecule has 0 aliphatic carbocycles. The van der Waals surface area contributed by atoms with E-state index in [1.54, 1.807) is 0 Å². The van der Waals surface area contributed by atoms with Gasteiger partial charge in [0.15, 0.2) is 0 Å². The van der Waals surface area contributed by atoms with Crippen LogP contribution in [0.5, 0.6) is 0 Å². The largest absolute Gasteiger partial charge is 0.416 e. The summed E-state index contributed by atoms with van der Waals surface area (Å²) in [7, 11) is 0. The summed E-state index contributed by atoms with van der Waals surface area (Å²) >= 11 is 0. The summed E-state index contributed by atoms with van der Waals surface area (Å²) < 4.78 is 37.7. The summed E-state index contributed by atoms with van der Waals surface area (Å²) in [5.41, 5.74) is 2.04. The normalized spacial score (nSPS) is 14.5. The molecule has 138 valence electrons. The smallest absolute Gasteiger partial charge is 0.371 e. The lowest BCUT2D eigenvalue weighted by atomic mass is 10.1. The minimum Gasteiger partial charge on any atom is -0.371 e. The molecule has 1 aliphatic heterocycles. The number of amides is 1. The van der Waals surface area contributed by atoms with Crippen LogP contribution in [-0.4, -0.2) is 19.0 Å². The Bertz CT molecular complexity index is 750. The van der Waals surface area contributed by atoms with Gasteiger partial charge in [-0.25, -0.2) is 0 Å². The van der Waals surface area contributed by atoms with Crippen molar-refractivity contribution >= 4 is 11.6 Å². The van der Waals surface area contributed by atoms with Crippen molar-refractivity contribution in [3.05, 3.63) is 65.2 Å². The number of halogens is 3. The van der Waals surface area contributed by atoms with E-state index in [4.69, 9.17) is 0 Å². The summed E-state index contributed by atoms with van der Waals surface area (Å²) in [6, 6.07) is 12.7. The fourth-order valence-corrected chi connectivity index (χ4v) is 3.18. The van der Waals surface area contributed by atoms with Crippen LogP contribution in [0, 0.1) is 0 Å². The van der Waals surface area contributed by atoms with Gasteiger partial charge in [0.2, 0.25) is 5.91 Å². The second-order valence-electron chi connectivity index (χ2n) is 6.47. The Labute approximate surface area is 150 Å². The molecule has 1 heterocycles. The zero-order valence-electron chi connectivity index (χ0n) is 14.4. The highest BCUT2D eigenvalue weighted by Crippen LogP contribution is 2.29. The molecule has 0 atom stereocenters. The standard InChI is InChI=1S/C20H21F3N2O/c21-20(22,23)17-9-7-15(8-10-17)13-19(26)24-14-16-5-1-2-6-18(16)25-11-3-4-12-25/h1-2,5-10H,3-4,11-14H2,(H,24,26). The van der Waals surface area contributed by atoms with E-state index in [-0.39, 0.29) is 12.3 Å². The molecule has 0 spiro atoms. The molecule has 0 saturated carbocycles. The fraction of sp³-hybridized carbons (Fsp3) is 0.350. The Morgan fingerprint density at radius 2 is 1.65 bits per heavy atom. The quantitative estimate of drug-likeness (QED) is 0.866. The van der Waals surface area contributed by atoms with Gasteiger partial charge in [-0.15, -0.1) is 0 Å². The Morgan fingerprint density at radius 3 is 2.31 bits per heavy atom. The van der Waals surface area contributed by atoms with Gasteiger partial charge in [-0.05, 0) is 42.2 Å². The summed E-state index contributed by atoms with van der Waals surface area (Å²) in [6.45, 7) is 2.46. The van der Waals surface area contributed by atoms with Gasteiger partial charge in [0.25, 0.3) is 0 Å². The maximum Gasteiger partial charge on any atom is 0.416 e. The van der Waals surface area contributed by atoms with Gasteiger partial charge in [-0.1, -0.05) is 30.3 Å². The number of para-hydroxylation sites is 1. The molecule has 0 radical (unpaired) electrons. The number of carbonyl (C=O) groups excluding carboxylic acids is 1. The third-order valence-electron chi connectivity index (χ3n) is 4.56. The van der Waals surface area contributed by atoms with Gasteiger partial charge in [-0.3, -0.25) is 4.79 Å². The first kappa shape index (κ1) is 18.3. The predicted octanol–water partition coefficient (Wildman–Crippen LogP) is 4.16. The zero-order chi connectivity index (χ0) is 18.6. The van der Waals surface area contributed by atoms with Crippen LogP contribution in [0.1, 0.15) is 29.5 Å². The third-order valence-corrected chi connectivity index (χ3v) is 4.56. The van der Waals surface area contributed by atoms with E-state index in [0.717, 1.165) is 36.5 Å². The fourth-order valence-electron chi connectivity index (χ4n) is 3.18. The SMILES string of the molecule is O=C(Cc1ccc(C(F)(F)F)cc1)NCc1ccccc1N1CCCC1. The lowest BCUT2D eigenvalue weighted by molar-refractivity contribution is -0.137. The highest BCUT2D eigenvalue weighted by molar-refractivity contribution is 5.78. The molecule has 6 heteroatoms. The Hall–Kier alpha value is -2.50. The first-order chi connectivity index (χ1) is 12.4. The molecule has 1 N–H and O–H groups in total. The van der Waals surface area contributed by atoms with E-state index in [9.17, 15) is 18.0 Å². The van der Waals surface area contributed by atoms with E-state index in [1.165, 1.54) is 25.0 Å². The van der Waals surface area contributed by atoms with Gasteiger partial charge in [-0.2, -0.15) is 13.2 Å². The molecule has 2 aromatic carbocycles. The van der Waals surface area contributed by atoms with Gasteiger partial charge < -0.3 is 10.2 Å². The van der Waals surface area contributed by atoms with Gasteiger partial charge in [0.05, 0.1) is 12.0 Å². The minimum atomic E-state index is -4.36. The molecule has 26 heavy (non-hydrogen) atoms. The molecule has 0 unspecified atom stereocenters. The van der Waals surface area contributed by atoms with Crippen molar-refractivity contribution in [2.45, 2.75) is 32.0 Å². The summed E-state index contributed by atoms with van der Waals surface area (Å²) in [6.07, 6.45) is -1.95. The summed E-state index contributed by atoms with van der Waals surface area (Å²) in [4.78, 5) is 14.5. The predicted molar refractivity (Wildman–Crippen MR) is 94.9 cm³/mol. The van der Waals surface area contributed by atoms with Crippen LogP contribution in [0.25, 0.3) is 0 Å². The molecule has 1 fully saturated rings. The van der Waals surface area contributed by atoms with Crippen molar-refractivity contribution in [1.29, 1.82) is 0 Å². The zero-order valence-corrected chi connectivity index (χ0v) is 14.4. The molecule has 0 aromatic heterocycles. The van der Waals surface area contributed by atoms with Crippen molar-refractivity contribution in [2.75, 3.05) is 18.0 Å². The lowest BCUT2D eigenvalue weighted by Gasteiger charge is -2.21. The van der Waals surface area contributed by atoms with Crippen LogP contribution in [0.15, 0.2) is 48.5 Å². The Morgan fingerprint density at radius 1 is 1.00 bits per heavy atom. The second-order valence-corrected chi connectivity index (χ2v) is 6.47. The van der Waals surface area contributed by atoms with Crippen LogP contribution >= 0.6 is 0 Å². The molecular weight excluding hydrogens is 341 g/mol. The Kier molecular flexibility index (Phi) is 5.49. The molecule has 3 rings (SSSR count). The van der Waals surface area contributed by atoms with Crippen molar-refractivity contribution < 1.29 is 18.0 Å². The number of hydrogen-bond acceptors (Lipinski definition) is 2. The molecule has 0 bridgehead atoms. The lowest BCUT2D eigenvalue weighted by Crippen LogP contribution is -2.26. The van der Waals surface area contributed by atoms with Crippen LogP contribution < -0.4 is 10.2 Å². The molecular formula is C20H21F3N2O. The van der Waals surface area contributed by atoms with Crippen molar-refractivity contribution in [1.82, 2.24) is 5.32 Å². The van der Waals surface area contributed by atoms with Crippen LogP contribution in [0.3, 0.4) is 0 Å². The van der Waals surface area contributed by atoms with E-state index < -0.39 is 11.7 Å². The third kappa shape index (κ3) is 4.56. The van der Waals surface area contributed by atoms with Crippen LogP contribution in [0.2, 0.25) is 0 Å². The number of alkyl halides is 3. The topological polar surface area (TPSA) is 32.3 Å². The van der Waals surface area contributed by atoms with Crippen molar-refractivity contribution in [3.63, 3.8) is 0 Å². The average Bonchev–Trinajstić information content (AvgIpc) is 3.14. The molecule has 2 aromatic rings. The first-order valence-corrected chi connectivity index (χ1v) is 8.69.